The van der Waals surface area contributed by atoms with Gasteiger partial charge < -0.3 is 10.4 Å². The van der Waals surface area contributed by atoms with Gasteiger partial charge in [-0.05, 0) is 19.3 Å². The molecule has 100 valence electrons. The molecule has 0 aromatic carbocycles. The standard InChI is InChI=1S/C12H18BrN3O2/c13-5-4-12(18)15-10-2-1-3-11-9(10)8-14-16(11)6-7-17/h8,10,17H,1-7H2,(H,15,18). The fourth-order valence-electron chi connectivity index (χ4n) is 2.41. The number of aliphatic hydroxyl groups excluding tert-OH is 1. The number of aliphatic hydroxyl groups is 1. The second-order valence-corrected chi connectivity index (χ2v) is 5.24. The van der Waals surface area contributed by atoms with Gasteiger partial charge >= 0.3 is 0 Å². The summed E-state index contributed by atoms with van der Waals surface area (Å²) in [6.07, 6.45) is 5.30. The van der Waals surface area contributed by atoms with Crippen LogP contribution in [0.15, 0.2) is 6.20 Å². The van der Waals surface area contributed by atoms with Crippen LogP contribution in [-0.2, 0) is 17.8 Å². The van der Waals surface area contributed by atoms with Gasteiger partial charge in [-0.15, -0.1) is 0 Å². The molecule has 1 aromatic rings. The molecule has 0 aliphatic heterocycles. The Hall–Kier alpha value is -0.880. The molecule has 0 radical (unpaired) electrons. The van der Waals surface area contributed by atoms with E-state index in [0.29, 0.717) is 18.3 Å². The third-order valence-electron chi connectivity index (χ3n) is 3.23. The number of hydrogen-bond acceptors (Lipinski definition) is 3. The van der Waals surface area contributed by atoms with E-state index >= 15 is 0 Å². The number of rotatable bonds is 5. The Morgan fingerprint density at radius 3 is 3.22 bits per heavy atom. The van der Waals surface area contributed by atoms with E-state index in [1.54, 1.807) is 0 Å². The highest BCUT2D eigenvalue weighted by Crippen LogP contribution is 2.29. The van der Waals surface area contributed by atoms with Crippen molar-refractivity contribution < 1.29 is 9.90 Å². The Balaban J connectivity index is 2.10. The van der Waals surface area contributed by atoms with Crippen molar-refractivity contribution >= 4 is 21.8 Å². The van der Waals surface area contributed by atoms with Crippen LogP contribution in [-0.4, -0.2) is 32.7 Å². The van der Waals surface area contributed by atoms with Gasteiger partial charge in [0, 0.05) is 23.0 Å². The van der Waals surface area contributed by atoms with Crippen LogP contribution in [0.4, 0.5) is 0 Å². The maximum Gasteiger partial charge on any atom is 0.221 e. The number of halogens is 1. The SMILES string of the molecule is O=C(CCBr)NC1CCCc2c1cnn2CCO. The first-order valence-corrected chi connectivity index (χ1v) is 7.39. The number of aromatic nitrogens is 2. The summed E-state index contributed by atoms with van der Waals surface area (Å²) in [5, 5.41) is 17.0. The highest BCUT2D eigenvalue weighted by Gasteiger charge is 2.25. The van der Waals surface area contributed by atoms with Crippen molar-refractivity contribution in [3.05, 3.63) is 17.5 Å². The molecule has 1 aliphatic carbocycles. The van der Waals surface area contributed by atoms with Gasteiger partial charge in [0.25, 0.3) is 0 Å². The van der Waals surface area contributed by atoms with Gasteiger partial charge in [-0.2, -0.15) is 5.10 Å². The normalized spacial score (nSPS) is 18.4. The van der Waals surface area contributed by atoms with Gasteiger partial charge in [0.2, 0.25) is 5.91 Å². The molecule has 5 nitrogen and oxygen atoms in total. The lowest BCUT2D eigenvalue weighted by Gasteiger charge is -2.24. The Bertz CT molecular complexity index is 419. The molecule has 2 N–H and O–H groups in total. The summed E-state index contributed by atoms with van der Waals surface area (Å²) in [6.45, 7) is 0.617. The summed E-state index contributed by atoms with van der Waals surface area (Å²) in [4.78, 5) is 11.6. The fourth-order valence-corrected chi connectivity index (χ4v) is 2.77. The molecule has 1 atom stereocenters. The Morgan fingerprint density at radius 2 is 2.50 bits per heavy atom. The second-order valence-electron chi connectivity index (χ2n) is 4.44. The number of nitrogens with zero attached hydrogens (tertiary/aromatic N) is 2. The van der Waals surface area contributed by atoms with Crippen molar-refractivity contribution in [3.8, 4) is 0 Å². The highest BCUT2D eigenvalue weighted by atomic mass is 79.9. The predicted molar refractivity (Wildman–Crippen MR) is 71.5 cm³/mol. The Kier molecular flexibility index (Phi) is 4.77. The largest absolute Gasteiger partial charge is 0.394 e. The third-order valence-corrected chi connectivity index (χ3v) is 3.63. The smallest absolute Gasteiger partial charge is 0.221 e. The molecule has 18 heavy (non-hydrogen) atoms. The maximum absolute atomic E-state index is 11.6. The van der Waals surface area contributed by atoms with Crippen LogP contribution in [0.3, 0.4) is 0 Å². The monoisotopic (exact) mass is 315 g/mol. The van der Waals surface area contributed by atoms with Crippen molar-refractivity contribution in [3.63, 3.8) is 0 Å². The molecule has 1 amide bonds. The topological polar surface area (TPSA) is 67.2 Å². The summed E-state index contributed by atoms with van der Waals surface area (Å²) in [5.41, 5.74) is 2.26. The average Bonchev–Trinajstić information content (AvgIpc) is 2.75. The first kappa shape index (κ1) is 13.5. The van der Waals surface area contributed by atoms with Crippen LogP contribution >= 0.6 is 15.9 Å². The minimum absolute atomic E-state index is 0.0691. The number of fused-ring (bicyclic) bond motifs is 1. The zero-order valence-electron chi connectivity index (χ0n) is 10.2. The van der Waals surface area contributed by atoms with Crippen molar-refractivity contribution in [1.82, 2.24) is 15.1 Å². The predicted octanol–water partition coefficient (Wildman–Crippen LogP) is 1.15. The molecule has 2 rings (SSSR count). The van der Waals surface area contributed by atoms with Crippen molar-refractivity contribution in [1.29, 1.82) is 0 Å². The number of carbonyl (C=O) groups is 1. The molecule has 0 spiro atoms. The molecular weight excluding hydrogens is 298 g/mol. The van der Waals surface area contributed by atoms with Gasteiger partial charge in [0.15, 0.2) is 0 Å². The van der Waals surface area contributed by atoms with Gasteiger partial charge in [-0.1, -0.05) is 15.9 Å². The zero-order chi connectivity index (χ0) is 13.0. The molecule has 1 unspecified atom stereocenters. The fraction of sp³-hybridized carbons (Fsp3) is 0.667. The summed E-state index contributed by atoms with van der Waals surface area (Å²) in [6, 6.07) is 0.0766. The molecule has 0 saturated heterocycles. The molecular formula is C12H18BrN3O2. The first-order valence-electron chi connectivity index (χ1n) is 6.27. The quantitative estimate of drug-likeness (QED) is 0.801. The van der Waals surface area contributed by atoms with E-state index in [1.165, 1.54) is 0 Å². The lowest BCUT2D eigenvalue weighted by molar-refractivity contribution is -0.121. The van der Waals surface area contributed by atoms with Gasteiger partial charge in [-0.3, -0.25) is 9.48 Å². The average molecular weight is 316 g/mol. The minimum atomic E-state index is 0.0691. The number of nitrogens with one attached hydrogen (secondary N) is 1. The Morgan fingerprint density at radius 1 is 1.67 bits per heavy atom. The van der Waals surface area contributed by atoms with Crippen molar-refractivity contribution in [2.75, 3.05) is 11.9 Å². The van der Waals surface area contributed by atoms with E-state index in [2.05, 4.69) is 26.3 Å². The molecule has 6 heteroatoms. The first-order chi connectivity index (χ1) is 8.76. The van der Waals surface area contributed by atoms with E-state index in [-0.39, 0.29) is 18.6 Å². The lowest BCUT2D eigenvalue weighted by atomic mass is 9.93. The minimum Gasteiger partial charge on any atom is -0.394 e. The van der Waals surface area contributed by atoms with Crippen LogP contribution in [0, 0.1) is 0 Å². The third kappa shape index (κ3) is 2.92. The number of alkyl halides is 1. The van der Waals surface area contributed by atoms with E-state index in [9.17, 15) is 4.79 Å². The summed E-state index contributed by atoms with van der Waals surface area (Å²) >= 11 is 3.27. The lowest BCUT2D eigenvalue weighted by Crippen LogP contribution is -2.31. The molecule has 1 aliphatic rings. The van der Waals surface area contributed by atoms with E-state index in [0.717, 1.165) is 30.5 Å². The van der Waals surface area contributed by atoms with Crippen molar-refractivity contribution in [2.45, 2.75) is 38.3 Å². The van der Waals surface area contributed by atoms with Gasteiger partial charge in [0.1, 0.15) is 0 Å². The van der Waals surface area contributed by atoms with Crippen LogP contribution in [0.1, 0.15) is 36.6 Å². The zero-order valence-corrected chi connectivity index (χ0v) is 11.8. The van der Waals surface area contributed by atoms with Crippen LogP contribution in [0.25, 0.3) is 0 Å². The molecule has 0 bridgehead atoms. The van der Waals surface area contributed by atoms with Crippen LogP contribution in [0.5, 0.6) is 0 Å². The summed E-state index contributed by atoms with van der Waals surface area (Å²) in [5.74, 6) is 0.0691. The van der Waals surface area contributed by atoms with Gasteiger partial charge in [-0.25, -0.2) is 0 Å². The Labute approximate surface area is 115 Å². The van der Waals surface area contributed by atoms with Crippen LogP contribution < -0.4 is 5.32 Å². The number of amides is 1. The molecule has 0 fully saturated rings. The molecule has 0 saturated carbocycles. The second kappa shape index (κ2) is 6.33. The van der Waals surface area contributed by atoms with E-state index < -0.39 is 0 Å². The molecule has 1 heterocycles. The summed E-state index contributed by atoms with van der Waals surface area (Å²) in [7, 11) is 0. The summed E-state index contributed by atoms with van der Waals surface area (Å²) < 4.78 is 1.85. The maximum atomic E-state index is 11.6. The van der Waals surface area contributed by atoms with Crippen molar-refractivity contribution in [2.24, 2.45) is 0 Å². The van der Waals surface area contributed by atoms with E-state index in [1.807, 2.05) is 10.9 Å². The highest BCUT2D eigenvalue weighted by molar-refractivity contribution is 9.09. The van der Waals surface area contributed by atoms with Crippen LogP contribution in [0.2, 0.25) is 0 Å². The number of hydrogen-bond donors (Lipinski definition) is 2. The number of carbonyl (C=O) groups excluding carboxylic acids is 1. The van der Waals surface area contributed by atoms with E-state index in [4.69, 9.17) is 5.11 Å². The molecule has 1 aromatic heterocycles. The van der Waals surface area contributed by atoms with Gasteiger partial charge in [0.05, 0.1) is 25.4 Å².